The molecule has 68 valence electrons. The standard InChI is InChI=1S/C10H17NO/c1-4-10(2)7-8(12-3)5-6-9(10)11/h5-7,9H,4,11H2,1-3H3. The summed E-state index contributed by atoms with van der Waals surface area (Å²) in [7, 11) is 1.68. The van der Waals surface area contributed by atoms with Crippen LogP contribution in [0.25, 0.3) is 0 Å². The van der Waals surface area contributed by atoms with Gasteiger partial charge in [0.2, 0.25) is 0 Å². The van der Waals surface area contributed by atoms with E-state index in [1.165, 1.54) is 0 Å². The van der Waals surface area contributed by atoms with Crippen molar-refractivity contribution < 1.29 is 4.74 Å². The van der Waals surface area contributed by atoms with Crippen LogP contribution in [0.1, 0.15) is 20.3 Å². The van der Waals surface area contributed by atoms with Crippen LogP contribution in [0.15, 0.2) is 24.0 Å². The molecule has 2 nitrogen and oxygen atoms in total. The van der Waals surface area contributed by atoms with E-state index in [4.69, 9.17) is 10.5 Å². The van der Waals surface area contributed by atoms with Gasteiger partial charge in [-0.25, -0.2) is 0 Å². The smallest absolute Gasteiger partial charge is 0.115 e. The van der Waals surface area contributed by atoms with Crippen LogP contribution in [0.3, 0.4) is 0 Å². The van der Waals surface area contributed by atoms with Crippen molar-refractivity contribution >= 4 is 0 Å². The van der Waals surface area contributed by atoms with Crippen LogP contribution in [-0.4, -0.2) is 13.2 Å². The minimum absolute atomic E-state index is 0.0556. The Bertz CT molecular complexity index is 220. The number of rotatable bonds is 2. The molecule has 2 atom stereocenters. The number of hydrogen-bond donors (Lipinski definition) is 1. The number of ether oxygens (including phenoxy) is 1. The van der Waals surface area contributed by atoms with Crippen LogP contribution >= 0.6 is 0 Å². The molecule has 0 fully saturated rings. The topological polar surface area (TPSA) is 35.2 Å². The first-order valence-electron chi connectivity index (χ1n) is 4.33. The number of hydrogen-bond acceptors (Lipinski definition) is 2. The van der Waals surface area contributed by atoms with Crippen LogP contribution in [-0.2, 0) is 4.74 Å². The SMILES string of the molecule is CCC1(C)C=C(OC)C=CC1N. The first kappa shape index (κ1) is 9.33. The van der Waals surface area contributed by atoms with E-state index in [-0.39, 0.29) is 11.5 Å². The van der Waals surface area contributed by atoms with E-state index < -0.39 is 0 Å². The molecule has 0 amide bonds. The molecule has 2 N–H and O–H groups in total. The summed E-state index contributed by atoms with van der Waals surface area (Å²) >= 11 is 0. The van der Waals surface area contributed by atoms with Gasteiger partial charge >= 0.3 is 0 Å². The van der Waals surface area contributed by atoms with Gasteiger partial charge in [0.05, 0.1) is 7.11 Å². The molecule has 0 heterocycles. The molecule has 0 saturated carbocycles. The first-order chi connectivity index (χ1) is 5.62. The fourth-order valence-corrected chi connectivity index (χ4v) is 1.35. The van der Waals surface area contributed by atoms with Gasteiger partial charge in [-0.05, 0) is 18.6 Å². The molecule has 0 aromatic carbocycles. The Labute approximate surface area is 74.1 Å². The van der Waals surface area contributed by atoms with Gasteiger partial charge in [0.25, 0.3) is 0 Å². The first-order valence-corrected chi connectivity index (χ1v) is 4.33. The van der Waals surface area contributed by atoms with Crippen molar-refractivity contribution in [2.75, 3.05) is 7.11 Å². The third-order valence-electron chi connectivity index (χ3n) is 2.70. The van der Waals surface area contributed by atoms with Gasteiger partial charge in [-0.2, -0.15) is 0 Å². The molecule has 0 bridgehead atoms. The molecule has 12 heavy (non-hydrogen) atoms. The lowest BCUT2D eigenvalue weighted by Crippen LogP contribution is -2.37. The minimum atomic E-state index is 0.0556. The molecule has 2 unspecified atom stereocenters. The number of nitrogens with two attached hydrogens (primary N) is 1. The van der Waals surface area contributed by atoms with Gasteiger partial charge in [-0.3, -0.25) is 0 Å². The Morgan fingerprint density at radius 2 is 2.33 bits per heavy atom. The average molecular weight is 167 g/mol. The maximum absolute atomic E-state index is 5.95. The number of allylic oxidation sites excluding steroid dienone is 1. The highest BCUT2D eigenvalue weighted by atomic mass is 16.5. The molecular formula is C10H17NO. The molecule has 0 aromatic rings. The monoisotopic (exact) mass is 167 g/mol. The van der Waals surface area contributed by atoms with E-state index in [2.05, 4.69) is 19.9 Å². The van der Waals surface area contributed by atoms with Crippen LogP contribution < -0.4 is 5.73 Å². The summed E-state index contributed by atoms with van der Waals surface area (Å²) in [5, 5.41) is 0. The van der Waals surface area contributed by atoms with Crippen molar-refractivity contribution in [3.8, 4) is 0 Å². The van der Waals surface area contributed by atoms with Crippen LogP contribution in [0, 0.1) is 5.41 Å². The van der Waals surface area contributed by atoms with Crippen molar-refractivity contribution in [3.05, 3.63) is 24.0 Å². The van der Waals surface area contributed by atoms with E-state index in [0.717, 1.165) is 12.2 Å². The Kier molecular flexibility index (Phi) is 2.58. The third-order valence-corrected chi connectivity index (χ3v) is 2.70. The third kappa shape index (κ3) is 1.53. The lowest BCUT2D eigenvalue weighted by atomic mass is 9.77. The second-order valence-electron chi connectivity index (χ2n) is 3.50. The van der Waals surface area contributed by atoms with Crippen LogP contribution in [0.2, 0.25) is 0 Å². The second kappa shape index (κ2) is 3.31. The molecule has 1 aliphatic rings. The normalized spacial score (nSPS) is 34.7. The van der Waals surface area contributed by atoms with Gasteiger partial charge < -0.3 is 10.5 Å². The van der Waals surface area contributed by atoms with Gasteiger partial charge in [0, 0.05) is 11.5 Å². The van der Waals surface area contributed by atoms with E-state index in [1.807, 2.05) is 12.2 Å². The fourth-order valence-electron chi connectivity index (χ4n) is 1.35. The van der Waals surface area contributed by atoms with E-state index in [9.17, 15) is 0 Å². The highest BCUT2D eigenvalue weighted by Crippen LogP contribution is 2.32. The van der Waals surface area contributed by atoms with E-state index >= 15 is 0 Å². The summed E-state index contributed by atoms with van der Waals surface area (Å²) in [5.41, 5.74) is 6.01. The molecule has 1 rings (SSSR count). The molecular weight excluding hydrogens is 150 g/mol. The predicted octanol–water partition coefficient (Wildman–Crippen LogP) is 1.83. The molecule has 2 heteroatoms. The molecule has 0 spiro atoms. The largest absolute Gasteiger partial charge is 0.497 e. The Hall–Kier alpha value is -0.760. The maximum atomic E-state index is 5.95. The van der Waals surface area contributed by atoms with E-state index in [0.29, 0.717) is 0 Å². The lowest BCUT2D eigenvalue weighted by molar-refractivity contribution is 0.275. The van der Waals surface area contributed by atoms with Crippen molar-refractivity contribution in [1.82, 2.24) is 0 Å². The Morgan fingerprint density at radius 1 is 1.67 bits per heavy atom. The Morgan fingerprint density at radius 3 is 2.83 bits per heavy atom. The van der Waals surface area contributed by atoms with Crippen LogP contribution in [0.4, 0.5) is 0 Å². The molecule has 0 radical (unpaired) electrons. The van der Waals surface area contributed by atoms with Gasteiger partial charge in [-0.15, -0.1) is 0 Å². The zero-order valence-corrected chi connectivity index (χ0v) is 8.00. The summed E-state index contributed by atoms with van der Waals surface area (Å²) in [6, 6.07) is 0.112. The Balaban J connectivity index is 2.88. The fraction of sp³-hybridized carbons (Fsp3) is 0.600. The summed E-state index contributed by atoms with van der Waals surface area (Å²) in [5.74, 6) is 0.918. The molecule has 0 aromatic heterocycles. The summed E-state index contributed by atoms with van der Waals surface area (Å²) in [6.07, 6.45) is 7.08. The zero-order chi connectivity index (χ0) is 9.19. The minimum Gasteiger partial charge on any atom is -0.497 e. The van der Waals surface area contributed by atoms with E-state index in [1.54, 1.807) is 7.11 Å². The average Bonchev–Trinajstić information content (AvgIpc) is 2.10. The zero-order valence-electron chi connectivity index (χ0n) is 8.00. The van der Waals surface area contributed by atoms with Crippen molar-refractivity contribution in [2.24, 2.45) is 11.1 Å². The molecule has 0 saturated heterocycles. The predicted molar refractivity (Wildman–Crippen MR) is 50.6 cm³/mol. The van der Waals surface area contributed by atoms with Crippen molar-refractivity contribution in [2.45, 2.75) is 26.3 Å². The molecule has 0 aliphatic heterocycles. The summed E-state index contributed by atoms with van der Waals surface area (Å²) < 4.78 is 5.16. The summed E-state index contributed by atoms with van der Waals surface area (Å²) in [4.78, 5) is 0. The maximum Gasteiger partial charge on any atom is 0.115 e. The van der Waals surface area contributed by atoms with Gasteiger partial charge in [0.1, 0.15) is 5.76 Å². The van der Waals surface area contributed by atoms with Gasteiger partial charge in [-0.1, -0.05) is 19.9 Å². The second-order valence-corrected chi connectivity index (χ2v) is 3.50. The quantitative estimate of drug-likeness (QED) is 0.681. The van der Waals surface area contributed by atoms with Crippen molar-refractivity contribution in [1.29, 1.82) is 0 Å². The van der Waals surface area contributed by atoms with Crippen LogP contribution in [0.5, 0.6) is 0 Å². The van der Waals surface area contributed by atoms with Gasteiger partial charge in [0.15, 0.2) is 0 Å². The lowest BCUT2D eigenvalue weighted by Gasteiger charge is -2.32. The van der Waals surface area contributed by atoms with Crippen molar-refractivity contribution in [3.63, 3.8) is 0 Å². The number of methoxy groups -OCH3 is 1. The highest BCUT2D eigenvalue weighted by molar-refractivity contribution is 5.26. The molecule has 1 aliphatic carbocycles. The highest BCUT2D eigenvalue weighted by Gasteiger charge is 2.28. The summed E-state index contributed by atoms with van der Waals surface area (Å²) in [6.45, 7) is 4.29.